The van der Waals surface area contributed by atoms with Gasteiger partial charge < -0.3 is 9.97 Å². The summed E-state index contributed by atoms with van der Waals surface area (Å²) in [6.07, 6.45) is 8.43. The van der Waals surface area contributed by atoms with Crippen molar-refractivity contribution in [1.29, 1.82) is 0 Å². The number of aromatic nitrogens is 2. The molecule has 0 aliphatic rings. The molecule has 0 aliphatic heterocycles. The fraction of sp³-hybridized carbons (Fsp3) is 0. The van der Waals surface area contributed by atoms with Gasteiger partial charge >= 0.3 is 0 Å². The summed E-state index contributed by atoms with van der Waals surface area (Å²) in [5, 5.41) is 2.51. The van der Waals surface area contributed by atoms with Crippen LogP contribution in [0.3, 0.4) is 0 Å². The lowest BCUT2D eigenvalue weighted by Gasteiger charge is -1.92. The van der Waals surface area contributed by atoms with Gasteiger partial charge in [0.25, 0.3) is 0 Å². The highest BCUT2D eigenvalue weighted by atomic mass is 14.7. The molecule has 2 aromatic carbocycles. The highest BCUT2D eigenvalue weighted by Gasteiger charge is 2.01. The number of para-hydroxylation sites is 2. The van der Waals surface area contributed by atoms with E-state index in [0.717, 1.165) is 0 Å². The van der Waals surface area contributed by atoms with Gasteiger partial charge in [0.1, 0.15) is 0 Å². The Morgan fingerprint density at radius 3 is 1.55 bits per heavy atom. The maximum Gasteiger partial charge on any atom is 0.0460 e. The molecule has 20 heavy (non-hydrogen) atoms. The van der Waals surface area contributed by atoms with E-state index in [4.69, 9.17) is 0 Å². The molecule has 2 heteroatoms. The molecule has 0 radical (unpaired) electrons. The Labute approximate surface area is 116 Å². The van der Waals surface area contributed by atoms with E-state index in [9.17, 15) is 0 Å². The van der Waals surface area contributed by atoms with Crippen molar-refractivity contribution in [2.24, 2.45) is 0 Å². The smallest absolute Gasteiger partial charge is 0.0460 e. The van der Waals surface area contributed by atoms with Gasteiger partial charge in [0.15, 0.2) is 0 Å². The van der Waals surface area contributed by atoms with Crippen LogP contribution in [0.25, 0.3) is 34.0 Å². The lowest BCUT2D eigenvalue weighted by Crippen LogP contribution is -1.70. The van der Waals surface area contributed by atoms with E-state index in [1.54, 1.807) is 0 Å². The van der Waals surface area contributed by atoms with Crippen LogP contribution < -0.4 is 0 Å². The lowest BCUT2D eigenvalue weighted by atomic mass is 10.1. The minimum absolute atomic E-state index is 1.17. The van der Waals surface area contributed by atoms with Crippen LogP contribution in [-0.4, -0.2) is 9.97 Å². The molecule has 2 aromatic heterocycles. The molecule has 2 N–H and O–H groups in total. The molecule has 0 spiro atoms. The number of fused-ring (bicyclic) bond motifs is 2. The van der Waals surface area contributed by atoms with E-state index in [1.807, 2.05) is 12.1 Å². The highest BCUT2D eigenvalue weighted by molar-refractivity contribution is 5.95. The van der Waals surface area contributed by atoms with Crippen molar-refractivity contribution in [2.75, 3.05) is 0 Å². The van der Waals surface area contributed by atoms with E-state index in [2.05, 4.69) is 70.9 Å². The standard InChI is InChI=1S/C18H14N2/c1-3-7-17-15(5-1)13(11-19-17)9-10-14-12-20-18-8-4-2-6-16(14)18/h1-12,19-20H. The zero-order valence-corrected chi connectivity index (χ0v) is 10.9. The highest BCUT2D eigenvalue weighted by Crippen LogP contribution is 2.23. The summed E-state index contributed by atoms with van der Waals surface area (Å²) in [5.41, 5.74) is 4.77. The largest absolute Gasteiger partial charge is 0.361 e. The number of hydrogen-bond donors (Lipinski definition) is 2. The maximum atomic E-state index is 3.30. The number of H-pyrrole nitrogens is 2. The first-order valence-electron chi connectivity index (χ1n) is 6.72. The summed E-state index contributed by atoms with van der Waals surface area (Å²) in [7, 11) is 0. The Hall–Kier alpha value is -2.74. The van der Waals surface area contributed by atoms with Crippen molar-refractivity contribution >= 4 is 34.0 Å². The second kappa shape index (κ2) is 4.42. The van der Waals surface area contributed by atoms with Gasteiger partial charge in [-0.2, -0.15) is 0 Å². The summed E-state index contributed by atoms with van der Waals surface area (Å²) in [4.78, 5) is 6.59. The molecule has 0 bridgehead atoms. The molecule has 0 saturated heterocycles. The summed E-state index contributed by atoms with van der Waals surface area (Å²) in [5.74, 6) is 0. The Balaban J connectivity index is 1.78. The first kappa shape index (κ1) is 11.1. The lowest BCUT2D eigenvalue weighted by molar-refractivity contribution is 1.47. The third kappa shape index (κ3) is 1.74. The van der Waals surface area contributed by atoms with Crippen LogP contribution in [0.2, 0.25) is 0 Å². The molecule has 2 nitrogen and oxygen atoms in total. The Morgan fingerprint density at radius 2 is 1.05 bits per heavy atom. The first-order valence-corrected chi connectivity index (χ1v) is 6.72. The van der Waals surface area contributed by atoms with Crippen molar-refractivity contribution in [3.63, 3.8) is 0 Å². The molecular formula is C18H14N2. The van der Waals surface area contributed by atoms with Crippen LogP contribution in [0.15, 0.2) is 60.9 Å². The number of aromatic amines is 2. The van der Waals surface area contributed by atoms with Crippen LogP contribution in [-0.2, 0) is 0 Å². The van der Waals surface area contributed by atoms with Crippen LogP contribution >= 0.6 is 0 Å². The molecule has 0 saturated carbocycles. The van der Waals surface area contributed by atoms with Crippen molar-refractivity contribution in [2.45, 2.75) is 0 Å². The van der Waals surface area contributed by atoms with Crippen molar-refractivity contribution < 1.29 is 0 Å². The van der Waals surface area contributed by atoms with Gasteiger partial charge in [-0.1, -0.05) is 48.6 Å². The maximum absolute atomic E-state index is 3.30. The molecule has 0 atom stereocenters. The Morgan fingerprint density at radius 1 is 0.600 bits per heavy atom. The molecule has 0 amide bonds. The van der Waals surface area contributed by atoms with E-state index in [-0.39, 0.29) is 0 Å². The average Bonchev–Trinajstić information content (AvgIpc) is 3.09. The number of benzene rings is 2. The Kier molecular flexibility index (Phi) is 2.46. The monoisotopic (exact) mass is 258 g/mol. The quantitative estimate of drug-likeness (QED) is 0.516. The van der Waals surface area contributed by atoms with E-state index in [1.165, 1.54) is 32.9 Å². The van der Waals surface area contributed by atoms with Crippen LogP contribution in [0.1, 0.15) is 11.1 Å². The topological polar surface area (TPSA) is 31.6 Å². The van der Waals surface area contributed by atoms with Crippen molar-refractivity contribution in [1.82, 2.24) is 9.97 Å². The summed E-state index contributed by atoms with van der Waals surface area (Å²) >= 11 is 0. The van der Waals surface area contributed by atoms with Gasteiger partial charge in [-0.25, -0.2) is 0 Å². The molecule has 4 aromatic rings. The van der Waals surface area contributed by atoms with Crippen molar-refractivity contribution in [3.05, 3.63) is 72.1 Å². The third-order valence-corrected chi connectivity index (χ3v) is 3.68. The number of hydrogen-bond acceptors (Lipinski definition) is 0. The molecule has 0 aliphatic carbocycles. The second-order valence-electron chi connectivity index (χ2n) is 4.91. The Bertz CT molecular complexity index is 833. The summed E-state index contributed by atoms with van der Waals surface area (Å²) < 4.78 is 0. The number of nitrogens with one attached hydrogen (secondary N) is 2. The van der Waals surface area contributed by atoms with Crippen LogP contribution in [0, 0.1) is 0 Å². The van der Waals surface area contributed by atoms with Crippen LogP contribution in [0.5, 0.6) is 0 Å². The second-order valence-corrected chi connectivity index (χ2v) is 4.91. The first-order chi connectivity index (χ1) is 9.92. The normalized spacial score (nSPS) is 11.8. The van der Waals surface area contributed by atoms with Gasteiger partial charge in [0.05, 0.1) is 0 Å². The third-order valence-electron chi connectivity index (χ3n) is 3.68. The van der Waals surface area contributed by atoms with Gasteiger partial charge in [-0.05, 0) is 23.3 Å². The van der Waals surface area contributed by atoms with Gasteiger partial charge in [-0.15, -0.1) is 0 Å². The fourth-order valence-corrected chi connectivity index (χ4v) is 2.64. The average molecular weight is 258 g/mol. The van der Waals surface area contributed by atoms with Gasteiger partial charge in [0, 0.05) is 34.2 Å². The predicted molar refractivity (Wildman–Crippen MR) is 85.5 cm³/mol. The molecule has 2 heterocycles. The summed E-state index contributed by atoms with van der Waals surface area (Å²) in [6.45, 7) is 0. The molecule has 96 valence electrons. The van der Waals surface area contributed by atoms with E-state index >= 15 is 0 Å². The molecular weight excluding hydrogens is 244 g/mol. The van der Waals surface area contributed by atoms with Crippen molar-refractivity contribution in [3.8, 4) is 0 Å². The SMILES string of the molecule is C(=Cc1c[nH]c2ccccc12)c1c[nH]c2ccccc12. The van der Waals surface area contributed by atoms with Crippen LogP contribution in [0.4, 0.5) is 0 Å². The van der Waals surface area contributed by atoms with E-state index < -0.39 is 0 Å². The molecule has 4 rings (SSSR count). The minimum Gasteiger partial charge on any atom is -0.361 e. The van der Waals surface area contributed by atoms with Gasteiger partial charge in [0.2, 0.25) is 0 Å². The molecule has 0 fully saturated rings. The van der Waals surface area contributed by atoms with Gasteiger partial charge in [-0.3, -0.25) is 0 Å². The zero-order valence-electron chi connectivity index (χ0n) is 10.9. The zero-order chi connectivity index (χ0) is 13.4. The number of rotatable bonds is 2. The fourth-order valence-electron chi connectivity index (χ4n) is 2.64. The molecule has 0 unspecified atom stereocenters. The predicted octanol–water partition coefficient (Wildman–Crippen LogP) is 4.82. The minimum atomic E-state index is 1.17. The summed E-state index contributed by atoms with van der Waals surface area (Å²) in [6, 6.07) is 16.7. The van der Waals surface area contributed by atoms with E-state index in [0.29, 0.717) is 0 Å².